The Hall–Kier alpha value is -3.45. The smallest absolute Gasteiger partial charge is 0.242 e. The molecular weight excluding hydrogens is 435 g/mol. The topological polar surface area (TPSA) is 59.8 Å². The van der Waals surface area contributed by atoms with Gasteiger partial charge in [-0.1, -0.05) is 72.4 Å². The van der Waals surface area contributed by atoms with E-state index < -0.39 is 5.25 Å². The normalized spacial score (nSPS) is 14.1. The molecule has 1 amide bonds. The standard InChI is InChI=1S/C26H23FN4OS/c27-21-13-15-22(16-14-21)28-25(32)23(19-9-5-2-6-10-19)33-26-30-29-24(20-11-12-20)31(26)17-18-7-3-1-4-8-18/h1-10,13-16,20,23H,11-12,17H2,(H,28,32)/t23-/m0/s1. The zero-order valence-corrected chi connectivity index (χ0v) is 18.7. The second-order valence-corrected chi connectivity index (χ2v) is 9.16. The van der Waals surface area contributed by atoms with Gasteiger partial charge in [-0.05, 0) is 48.2 Å². The number of hydrogen-bond donors (Lipinski definition) is 1. The second kappa shape index (κ2) is 9.58. The van der Waals surface area contributed by atoms with Gasteiger partial charge in [-0.3, -0.25) is 4.79 Å². The van der Waals surface area contributed by atoms with Crippen molar-refractivity contribution in [1.82, 2.24) is 14.8 Å². The number of nitrogens with zero attached hydrogens (tertiary/aromatic N) is 3. The summed E-state index contributed by atoms with van der Waals surface area (Å²) in [7, 11) is 0. The summed E-state index contributed by atoms with van der Waals surface area (Å²) in [6, 6.07) is 25.6. The molecule has 1 N–H and O–H groups in total. The third-order valence-corrected chi connectivity index (χ3v) is 6.78. The molecule has 1 aromatic heterocycles. The van der Waals surface area contributed by atoms with Gasteiger partial charge in [0.25, 0.3) is 0 Å². The first kappa shape index (κ1) is 21.4. The predicted octanol–water partition coefficient (Wildman–Crippen LogP) is 5.82. The summed E-state index contributed by atoms with van der Waals surface area (Å²) in [6.07, 6.45) is 2.23. The largest absolute Gasteiger partial charge is 0.325 e. The number of carbonyl (C=O) groups is 1. The minimum Gasteiger partial charge on any atom is -0.325 e. The van der Waals surface area contributed by atoms with Gasteiger partial charge >= 0.3 is 0 Å². The summed E-state index contributed by atoms with van der Waals surface area (Å²) >= 11 is 1.39. The van der Waals surface area contributed by atoms with E-state index in [1.165, 1.54) is 23.9 Å². The maximum absolute atomic E-state index is 13.3. The predicted molar refractivity (Wildman–Crippen MR) is 128 cm³/mol. The fourth-order valence-corrected chi connectivity index (χ4v) is 4.74. The number of hydrogen-bond acceptors (Lipinski definition) is 4. The highest BCUT2D eigenvalue weighted by atomic mass is 32.2. The highest BCUT2D eigenvalue weighted by molar-refractivity contribution is 8.00. The summed E-state index contributed by atoms with van der Waals surface area (Å²) in [5.41, 5.74) is 2.57. The molecule has 0 saturated heterocycles. The Morgan fingerprint density at radius 2 is 1.64 bits per heavy atom. The summed E-state index contributed by atoms with van der Waals surface area (Å²) in [4.78, 5) is 13.3. The van der Waals surface area contributed by atoms with Crippen molar-refractivity contribution < 1.29 is 9.18 Å². The highest BCUT2D eigenvalue weighted by Gasteiger charge is 2.32. The van der Waals surface area contributed by atoms with Gasteiger partial charge in [0, 0.05) is 11.6 Å². The van der Waals surface area contributed by atoms with E-state index in [4.69, 9.17) is 0 Å². The van der Waals surface area contributed by atoms with Gasteiger partial charge in [0.15, 0.2) is 5.16 Å². The fourth-order valence-electron chi connectivity index (χ4n) is 3.69. The lowest BCUT2D eigenvalue weighted by atomic mass is 10.1. The summed E-state index contributed by atoms with van der Waals surface area (Å²) in [6.45, 7) is 0.656. The molecule has 1 aliphatic rings. The van der Waals surface area contributed by atoms with Gasteiger partial charge < -0.3 is 9.88 Å². The number of nitrogens with one attached hydrogen (secondary N) is 1. The van der Waals surface area contributed by atoms with E-state index in [0.717, 1.165) is 29.8 Å². The van der Waals surface area contributed by atoms with Gasteiger partial charge in [-0.2, -0.15) is 0 Å². The SMILES string of the molecule is O=C(Nc1ccc(F)cc1)[C@@H](Sc1nnc(C2CC2)n1Cc1ccccc1)c1ccccc1. The van der Waals surface area contributed by atoms with E-state index >= 15 is 0 Å². The molecule has 4 aromatic rings. The lowest BCUT2D eigenvalue weighted by Crippen LogP contribution is -2.19. The lowest BCUT2D eigenvalue weighted by Gasteiger charge is -2.18. The average Bonchev–Trinajstić information content (AvgIpc) is 3.62. The van der Waals surface area contributed by atoms with Gasteiger partial charge in [-0.25, -0.2) is 4.39 Å². The Bertz CT molecular complexity index is 1220. The van der Waals surface area contributed by atoms with Crippen molar-refractivity contribution in [2.24, 2.45) is 0 Å². The van der Waals surface area contributed by atoms with E-state index in [9.17, 15) is 9.18 Å². The molecule has 5 rings (SSSR count). The average molecular weight is 459 g/mol. The molecule has 0 bridgehead atoms. The molecule has 0 spiro atoms. The van der Waals surface area contributed by atoms with Crippen LogP contribution in [0.1, 0.15) is 41.0 Å². The molecule has 1 saturated carbocycles. The van der Waals surface area contributed by atoms with Crippen molar-refractivity contribution in [3.05, 3.63) is 108 Å². The third-order valence-electron chi connectivity index (χ3n) is 5.55. The number of halogens is 1. The molecule has 0 unspecified atom stereocenters. The van der Waals surface area contributed by atoms with E-state index in [2.05, 4.69) is 32.2 Å². The van der Waals surface area contributed by atoms with Crippen LogP contribution in [0.3, 0.4) is 0 Å². The number of rotatable bonds is 8. The van der Waals surface area contributed by atoms with Crippen LogP contribution in [0.25, 0.3) is 0 Å². The summed E-state index contributed by atoms with van der Waals surface area (Å²) < 4.78 is 15.4. The number of aromatic nitrogens is 3. The Kier molecular flexibility index (Phi) is 6.21. The monoisotopic (exact) mass is 458 g/mol. The molecule has 0 aliphatic heterocycles. The summed E-state index contributed by atoms with van der Waals surface area (Å²) in [5, 5.41) is 12.1. The number of thioether (sulfide) groups is 1. The van der Waals surface area contributed by atoms with Crippen molar-refractivity contribution in [3.63, 3.8) is 0 Å². The number of anilines is 1. The van der Waals surface area contributed by atoms with Crippen molar-refractivity contribution in [2.45, 2.75) is 35.7 Å². The molecule has 7 heteroatoms. The molecule has 1 aliphatic carbocycles. The van der Waals surface area contributed by atoms with Crippen molar-refractivity contribution >= 4 is 23.4 Å². The number of benzene rings is 3. The lowest BCUT2D eigenvalue weighted by molar-refractivity contribution is -0.115. The molecule has 1 fully saturated rings. The van der Waals surface area contributed by atoms with Crippen LogP contribution in [0.15, 0.2) is 90.1 Å². The van der Waals surface area contributed by atoms with Crippen molar-refractivity contribution in [1.29, 1.82) is 0 Å². The van der Waals surface area contributed by atoms with Crippen molar-refractivity contribution in [3.8, 4) is 0 Å². The van der Waals surface area contributed by atoms with Crippen LogP contribution in [-0.2, 0) is 11.3 Å². The quantitative estimate of drug-likeness (QED) is 0.338. The zero-order chi connectivity index (χ0) is 22.6. The van der Waals surface area contributed by atoms with E-state index in [0.29, 0.717) is 23.3 Å². The van der Waals surface area contributed by atoms with Crippen LogP contribution in [0.2, 0.25) is 0 Å². The molecule has 5 nitrogen and oxygen atoms in total. The first-order chi connectivity index (χ1) is 16.2. The Morgan fingerprint density at radius 3 is 2.30 bits per heavy atom. The van der Waals surface area contributed by atoms with Crippen LogP contribution in [0, 0.1) is 5.82 Å². The van der Waals surface area contributed by atoms with Crippen molar-refractivity contribution in [2.75, 3.05) is 5.32 Å². The van der Waals surface area contributed by atoms with Gasteiger partial charge in [-0.15, -0.1) is 10.2 Å². The maximum atomic E-state index is 13.3. The van der Waals surface area contributed by atoms with Gasteiger partial charge in [0.1, 0.15) is 16.9 Å². The van der Waals surface area contributed by atoms with E-state index in [1.807, 2.05) is 48.5 Å². The van der Waals surface area contributed by atoms with E-state index in [1.54, 1.807) is 12.1 Å². The number of amides is 1. The molecule has 166 valence electrons. The minimum absolute atomic E-state index is 0.194. The van der Waals surface area contributed by atoms with Gasteiger partial charge in [0.05, 0.1) is 6.54 Å². The minimum atomic E-state index is -0.540. The number of carbonyl (C=O) groups excluding carboxylic acids is 1. The summed E-state index contributed by atoms with van der Waals surface area (Å²) in [5.74, 6) is 0.870. The molecule has 0 radical (unpaired) electrons. The highest BCUT2D eigenvalue weighted by Crippen LogP contribution is 2.42. The Morgan fingerprint density at radius 1 is 0.970 bits per heavy atom. The van der Waals surface area contributed by atoms with Crippen LogP contribution < -0.4 is 5.32 Å². The Labute approximate surface area is 196 Å². The first-order valence-corrected chi connectivity index (χ1v) is 11.8. The molecular formula is C26H23FN4OS. The molecule has 3 aromatic carbocycles. The zero-order valence-electron chi connectivity index (χ0n) is 17.9. The fraction of sp³-hybridized carbons (Fsp3) is 0.192. The second-order valence-electron chi connectivity index (χ2n) is 8.09. The third kappa shape index (κ3) is 5.14. The molecule has 1 heterocycles. The molecule has 1 atom stereocenters. The van der Waals surface area contributed by atoms with Crippen LogP contribution in [0.5, 0.6) is 0 Å². The molecule has 33 heavy (non-hydrogen) atoms. The van der Waals surface area contributed by atoms with Gasteiger partial charge in [0.2, 0.25) is 5.91 Å². The van der Waals surface area contributed by atoms with Crippen LogP contribution >= 0.6 is 11.8 Å². The van der Waals surface area contributed by atoms with E-state index in [-0.39, 0.29) is 11.7 Å². The van der Waals surface area contributed by atoms with Crippen LogP contribution in [-0.4, -0.2) is 20.7 Å². The van der Waals surface area contributed by atoms with Crippen LogP contribution in [0.4, 0.5) is 10.1 Å². The first-order valence-electron chi connectivity index (χ1n) is 10.9. The maximum Gasteiger partial charge on any atom is 0.242 e. The Balaban J connectivity index is 1.45.